The number of aromatic nitrogens is 2. The fourth-order valence-electron chi connectivity index (χ4n) is 4.74. The number of fused-ring (bicyclic) bond motifs is 1. The Morgan fingerprint density at radius 1 is 0.971 bits per heavy atom. The predicted octanol–water partition coefficient (Wildman–Crippen LogP) is 5.34. The zero-order valence-corrected chi connectivity index (χ0v) is 20.3. The summed E-state index contributed by atoms with van der Waals surface area (Å²) in [6.45, 7) is 4.77. The predicted molar refractivity (Wildman–Crippen MR) is 137 cm³/mol. The van der Waals surface area contributed by atoms with Crippen molar-refractivity contribution in [1.29, 1.82) is 0 Å². The Morgan fingerprint density at radius 2 is 1.71 bits per heavy atom. The Labute approximate surface area is 206 Å². The molecule has 0 saturated carbocycles. The molecule has 1 saturated heterocycles. The van der Waals surface area contributed by atoms with Crippen molar-refractivity contribution in [1.82, 2.24) is 14.5 Å². The van der Waals surface area contributed by atoms with Crippen LogP contribution in [0.5, 0.6) is 11.5 Å². The van der Waals surface area contributed by atoms with Gasteiger partial charge < -0.3 is 18.9 Å². The van der Waals surface area contributed by atoms with E-state index in [2.05, 4.69) is 29.7 Å². The van der Waals surface area contributed by atoms with Crippen LogP contribution in [0.2, 0.25) is 0 Å². The van der Waals surface area contributed by atoms with Crippen LogP contribution in [0, 0.1) is 6.92 Å². The van der Waals surface area contributed by atoms with Crippen molar-refractivity contribution >= 4 is 16.9 Å². The maximum absolute atomic E-state index is 12.9. The third-order valence-electron chi connectivity index (χ3n) is 6.61. The summed E-state index contributed by atoms with van der Waals surface area (Å²) in [7, 11) is 1.66. The van der Waals surface area contributed by atoms with Crippen molar-refractivity contribution in [3.63, 3.8) is 0 Å². The third kappa shape index (κ3) is 5.16. The van der Waals surface area contributed by atoms with Crippen LogP contribution in [0.1, 0.15) is 35.7 Å². The first-order valence-corrected chi connectivity index (χ1v) is 12.2. The van der Waals surface area contributed by atoms with Crippen LogP contribution in [0.25, 0.3) is 11.0 Å². The second-order valence-corrected chi connectivity index (χ2v) is 9.15. The summed E-state index contributed by atoms with van der Waals surface area (Å²) >= 11 is 0. The van der Waals surface area contributed by atoms with E-state index < -0.39 is 0 Å². The molecule has 0 bridgehead atoms. The molecule has 0 radical (unpaired) electrons. The highest BCUT2D eigenvalue weighted by molar-refractivity contribution is 5.81. The Morgan fingerprint density at radius 3 is 2.49 bits per heavy atom. The van der Waals surface area contributed by atoms with E-state index >= 15 is 0 Å². The van der Waals surface area contributed by atoms with E-state index in [1.807, 2.05) is 59.5 Å². The molecule has 35 heavy (non-hydrogen) atoms. The fourth-order valence-corrected chi connectivity index (χ4v) is 4.74. The van der Waals surface area contributed by atoms with Crippen molar-refractivity contribution in [2.75, 3.05) is 20.3 Å². The number of ether oxygens (including phenoxy) is 2. The van der Waals surface area contributed by atoms with Crippen molar-refractivity contribution in [3.05, 3.63) is 89.7 Å². The molecule has 5 rings (SSSR count). The van der Waals surface area contributed by atoms with E-state index in [0.717, 1.165) is 46.9 Å². The SMILES string of the molecule is COc1ccc(CN2CC(c3nc4ccccc4n3CCCOc3ccc(C)cc3)CC2=O)cc1. The van der Waals surface area contributed by atoms with E-state index in [1.165, 1.54) is 5.56 Å². The number of methoxy groups -OCH3 is 1. The number of imidazole rings is 1. The zero-order chi connectivity index (χ0) is 24.2. The van der Waals surface area contributed by atoms with Gasteiger partial charge in [-0.05, 0) is 55.3 Å². The summed E-state index contributed by atoms with van der Waals surface area (Å²) in [5.41, 5.74) is 4.41. The molecule has 2 heterocycles. The number of para-hydroxylation sites is 2. The van der Waals surface area contributed by atoms with Crippen LogP contribution in [-0.4, -0.2) is 40.6 Å². The minimum absolute atomic E-state index is 0.0752. The molecule has 1 amide bonds. The molecular formula is C29H31N3O3. The average molecular weight is 470 g/mol. The molecule has 1 unspecified atom stereocenters. The number of benzene rings is 3. The minimum Gasteiger partial charge on any atom is -0.497 e. The van der Waals surface area contributed by atoms with Crippen molar-refractivity contribution in [3.8, 4) is 11.5 Å². The van der Waals surface area contributed by atoms with Crippen LogP contribution < -0.4 is 9.47 Å². The highest BCUT2D eigenvalue weighted by Crippen LogP contribution is 2.31. The quantitative estimate of drug-likeness (QED) is 0.311. The van der Waals surface area contributed by atoms with Gasteiger partial charge in [-0.1, -0.05) is 42.0 Å². The molecule has 0 spiro atoms. The number of aryl methyl sites for hydroxylation is 2. The zero-order valence-electron chi connectivity index (χ0n) is 20.3. The Kier molecular flexibility index (Phi) is 6.70. The highest BCUT2D eigenvalue weighted by atomic mass is 16.5. The van der Waals surface area contributed by atoms with E-state index in [4.69, 9.17) is 14.5 Å². The summed E-state index contributed by atoms with van der Waals surface area (Å²) in [5.74, 6) is 2.95. The lowest BCUT2D eigenvalue weighted by Crippen LogP contribution is -2.24. The van der Waals surface area contributed by atoms with Gasteiger partial charge in [0.25, 0.3) is 0 Å². The second kappa shape index (κ2) is 10.2. The lowest BCUT2D eigenvalue weighted by atomic mass is 10.1. The van der Waals surface area contributed by atoms with Crippen LogP contribution in [0.15, 0.2) is 72.8 Å². The standard InChI is InChI=1S/C29H31N3O3/c1-21-8-12-25(13-9-21)35-17-5-16-32-27-7-4-3-6-26(27)30-29(32)23-18-28(33)31(20-23)19-22-10-14-24(34-2)15-11-22/h3-4,6-15,23H,5,16-20H2,1-2H3. The summed E-state index contributed by atoms with van der Waals surface area (Å²) in [5, 5.41) is 0. The normalized spacial score (nSPS) is 15.7. The van der Waals surface area contributed by atoms with E-state index in [9.17, 15) is 4.79 Å². The second-order valence-electron chi connectivity index (χ2n) is 9.15. The van der Waals surface area contributed by atoms with Crippen LogP contribution in [0.3, 0.4) is 0 Å². The highest BCUT2D eigenvalue weighted by Gasteiger charge is 2.34. The van der Waals surface area contributed by atoms with Gasteiger partial charge in [-0.3, -0.25) is 4.79 Å². The van der Waals surface area contributed by atoms with Gasteiger partial charge in [-0.25, -0.2) is 4.98 Å². The van der Waals surface area contributed by atoms with Gasteiger partial charge in [-0.15, -0.1) is 0 Å². The number of hydrogen-bond acceptors (Lipinski definition) is 4. The summed E-state index contributed by atoms with van der Waals surface area (Å²) in [4.78, 5) is 19.8. The Balaban J connectivity index is 1.29. The number of amides is 1. The van der Waals surface area contributed by atoms with Crippen LogP contribution in [-0.2, 0) is 17.9 Å². The monoisotopic (exact) mass is 469 g/mol. The molecule has 180 valence electrons. The number of nitrogens with zero attached hydrogens (tertiary/aromatic N) is 3. The summed E-state index contributed by atoms with van der Waals surface area (Å²) < 4.78 is 13.5. The average Bonchev–Trinajstić information content (AvgIpc) is 3.43. The lowest BCUT2D eigenvalue weighted by molar-refractivity contribution is -0.128. The maximum atomic E-state index is 12.9. The first kappa shape index (κ1) is 23.0. The molecule has 1 atom stereocenters. The van der Waals surface area contributed by atoms with Crippen molar-refractivity contribution in [2.24, 2.45) is 0 Å². The molecule has 3 aromatic carbocycles. The molecule has 1 fully saturated rings. The number of likely N-dealkylation sites (tertiary alicyclic amines) is 1. The minimum atomic E-state index is 0.0752. The first-order chi connectivity index (χ1) is 17.1. The van der Waals surface area contributed by atoms with E-state index in [-0.39, 0.29) is 11.8 Å². The summed E-state index contributed by atoms with van der Waals surface area (Å²) in [6, 6.07) is 24.3. The van der Waals surface area contributed by atoms with E-state index in [1.54, 1.807) is 7.11 Å². The van der Waals surface area contributed by atoms with Crippen molar-refractivity contribution in [2.45, 2.75) is 38.8 Å². The Bertz CT molecular complexity index is 1300. The number of rotatable bonds is 9. The molecule has 4 aromatic rings. The van der Waals surface area contributed by atoms with Gasteiger partial charge in [0.05, 0.1) is 24.8 Å². The van der Waals surface area contributed by atoms with Gasteiger partial charge in [0, 0.05) is 32.0 Å². The fraction of sp³-hybridized carbons (Fsp3) is 0.310. The van der Waals surface area contributed by atoms with E-state index in [0.29, 0.717) is 26.1 Å². The smallest absolute Gasteiger partial charge is 0.223 e. The van der Waals surface area contributed by atoms with Crippen LogP contribution in [0.4, 0.5) is 0 Å². The molecule has 1 aromatic heterocycles. The third-order valence-corrected chi connectivity index (χ3v) is 6.61. The molecular weight excluding hydrogens is 438 g/mol. The van der Waals surface area contributed by atoms with Gasteiger partial charge in [-0.2, -0.15) is 0 Å². The summed E-state index contributed by atoms with van der Waals surface area (Å²) in [6.07, 6.45) is 1.34. The first-order valence-electron chi connectivity index (χ1n) is 12.2. The van der Waals surface area contributed by atoms with Crippen molar-refractivity contribution < 1.29 is 14.3 Å². The number of carbonyl (C=O) groups excluding carboxylic acids is 1. The largest absolute Gasteiger partial charge is 0.497 e. The number of hydrogen-bond donors (Lipinski definition) is 0. The van der Waals surface area contributed by atoms with Gasteiger partial charge in [0.1, 0.15) is 17.3 Å². The Hall–Kier alpha value is -3.80. The van der Waals surface area contributed by atoms with Gasteiger partial charge in [0.2, 0.25) is 5.91 Å². The van der Waals surface area contributed by atoms with Gasteiger partial charge >= 0.3 is 0 Å². The molecule has 0 aliphatic carbocycles. The topological polar surface area (TPSA) is 56.6 Å². The molecule has 6 nitrogen and oxygen atoms in total. The molecule has 6 heteroatoms. The molecule has 0 N–H and O–H groups in total. The molecule has 1 aliphatic heterocycles. The molecule has 1 aliphatic rings. The maximum Gasteiger partial charge on any atom is 0.223 e. The lowest BCUT2D eigenvalue weighted by Gasteiger charge is -2.18. The van der Waals surface area contributed by atoms with Crippen LogP contribution >= 0.6 is 0 Å². The number of carbonyl (C=O) groups is 1. The van der Waals surface area contributed by atoms with Gasteiger partial charge in [0.15, 0.2) is 0 Å².